The second kappa shape index (κ2) is 12.5. The fourth-order valence-electron chi connectivity index (χ4n) is 2.43. The first-order valence-electron chi connectivity index (χ1n) is 8.89. The molecular weight excluding hydrogens is 414 g/mol. The standard InChI is InChI=1S/C20H25NO6S2/c1-23-9-10-26-14-27-19-16(24-2)12-15(13-17(19)25-3)6-4-5-7-18(22)21-8-11-29-20(21)28/h4-7,12-13H,8-11,14H2,1-3H3. The third kappa shape index (κ3) is 7.04. The number of methoxy groups -OCH3 is 3. The van der Waals surface area contributed by atoms with E-state index in [1.54, 1.807) is 38.4 Å². The van der Waals surface area contributed by atoms with E-state index in [2.05, 4.69) is 0 Å². The Kier molecular flexibility index (Phi) is 9.99. The Labute approximate surface area is 180 Å². The van der Waals surface area contributed by atoms with E-state index in [1.165, 1.54) is 17.8 Å². The minimum absolute atomic E-state index is 0.0484. The van der Waals surface area contributed by atoms with E-state index >= 15 is 0 Å². The van der Waals surface area contributed by atoms with Crippen LogP contribution in [0.4, 0.5) is 0 Å². The van der Waals surface area contributed by atoms with Gasteiger partial charge >= 0.3 is 0 Å². The zero-order valence-corrected chi connectivity index (χ0v) is 18.3. The van der Waals surface area contributed by atoms with Gasteiger partial charge in [-0.15, -0.1) is 0 Å². The quantitative estimate of drug-likeness (QED) is 0.171. The van der Waals surface area contributed by atoms with Crippen molar-refractivity contribution >= 4 is 40.3 Å². The Bertz CT molecular complexity index is 740. The average molecular weight is 440 g/mol. The summed E-state index contributed by atoms with van der Waals surface area (Å²) in [6.45, 7) is 1.61. The van der Waals surface area contributed by atoms with Crippen molar-refractivity contribution in [3.05, 3.63) is 35.9 Å². The van der Waals surface area contributed by atoms with Crippen molar-refractivity contribution in [3.8, 4) is 17.2 Å². The van der Waals surface area contributed by atoms with Crippen LogP contribution in [-0.2, 0) is 14.3 Å². The summed E-state index contributed by atoms with van der Waals surface area (Å²) in [6, 6.07) is 3.62. The topological polar surface area (TPSA) is 66.5 Å². The summed E-state index contributed by atoms with van der Waals surface area (Å²) in [7, 11) is 4.71. The SMILES string of the molecule is COCCOCOc1c(OC)cc(C=CC=CC(=O)N2CCSC2=S)cc1OC. The summed E-state index contributed by atoms with van der Waals surface area (Å²) in [4.78, 5) is 13.7. The molecule has 0 unspecified atom stereocenters. The summed E-state index contributed by atoms with van der Waals surface area (Å²) < 4.78 is 27.4. The van der Waals surface area contributed by atoms with E-state index in [9.17, 15) is 4.79 Å². The molecule has 0 aliphatic carbocycles. The van der Waals surface area contributed by atoms with Gasteiger partial charge in [0.05, 0.1) is 27.4 Å². The molecule has 1 aromatic rings. The molecule has 7 nitrogen and oxygen atoms in total. The largest absolute Gasteiger partial charge is 0.493 e. The number of benzene rings is 1. The van der Waals surface area contributed by atoms with Gasteiger partial charge in [-0.1, -0.05) is 42.2 Å². The lowest BCUT2D eigenvalue weighted by Crippen LogP contribution is -2.28. The van der Waals surface area contributed by atoms with Crippen LogP contribution >= 0.6 is 24.0 Å². The van der Waals surface area contributed by atoms with E-state index < -0.39 is 0 Å². The molecule has 158 valence electrons. The molecule has 0 spiro atoms. The predicted octanol–water partition coefficient (Wildman–Crippen LogP) is 3.13. The number of thiocarbonyl (C=S) groups is 1. The van der Waals surface area contributed by atoms with Crippen LogP contribution in [0, 0.1) is 0 Å². The van der Waals surface area contributed by atoms with Gasteiger partial charge in [-0.3, -0.25) is 9.69 Å². The second-order valence-electron chi connectivity index (χ2n) is 5.74. The van der Waals surface area contributed by atoms with E-state index in [1.807, 2.05) is 18.2 Å². The highest BCUT2D eigenvalue weighted by molar-refractivity contribution is 8.23. The minimum Gasteiger partial charge on any atom is -0.493 e. The number of amides is 1. The van der Waals surface area contributed by atoms with Gasteiger partial charge < -0.3 is 23.7 Å². The van der Waals surface area contributed by atoms with Crippen molar-refractivity contribution in [1.82, 2.24) is 4.90 Å². The molecule has 1 aromatic carbocycles. The van der Waals surface area contributed by atoms with Gasteiger partial charge in [-0.25, -0.2) is 0 Å². The Morgan fingerprint density at radius 1 is 1.17 bits per heavy atom. The first kappa shape index (κ1) is 23.2. The van der Waals surface area contributed by atoms with Gasteiger partial charge in [0.1, 0.15) is 4.32 Å². The number of allylic oxidation sites excluding steroid dienone is 2. The highest BCUT2D eigenvalue weighted by atomic mass is 32.2. The van der Waals surface area contributed by atoms with Crippen molar-refractivity contribution in [2.45, 2.75) is 0 Å². The lowest BCUT2D eigenvalue weighted by molar-refractivity contribution is -0.121. The molecule has 9 heteroatoms. The van der Waals surface area contributed by atoms with Crippen LogP contribution in [0.25, 0.3) is 6.08 Å². The molecule has 1 heterocycles. The summed E-state index contributed by atoms with van der Waals surface area (Å²) in [6.07, 6.45) is 6.79. The number of carbonyl (C=O) groups is 1. The Morgan fingerprint density at radius 2 is 1.90 bits per heavy atom. The molecule has 0 saturated carbocycles. The van der Waals surface area contributed by atoms with E-state index in [0.717, 1.165) is 11.3 Å². The lowest BCUT2D eigenvalue weighted by atomic mass is 10.1. The average Bonchev–Trinajstić information content (AvgIpc) is 3.16. The van der Waals surface area contributed by atoms with Crippen LogP contribution in [0.15, 0.2) is 30.4 Å². The molecule has 1 aliphatic rings. The van der Waals surface area contributed by atoms with E-state index in [4.69, 9.17) is 35.9 Å². The fourth-order valence-corrected chi connectivity index (χ4v) is 3.65. The van der Waals surface area contributed by atoms with Crippen LogP contribution < -0.4 is 14.2 Å². The van der Waals surface area contributed by atoms with Gasteiger partial charge in [0, 0.05) is 25.5 Å². The number of hydrogen-bond donors (Lipinski definition) is 0. The molecule has 1 aliphatic heterocycles. The highest BCUT2D eigenvalue weighted by Crippen LogP contribution is 2.39. The number of hydrogen-bond acceptors (Lipinski definition) is 8. The Hall–Kier alpha value is -2.07. The maximum Gasteiger partial charge on any atom is 0.252 e. The van der Waals surface area contributed by atoms with E-state index in [0.29, 0.717) is 41.3 Å². The maximum atomic E-state index is 12.1. The smallest absolute Gasteiger partial charge is 0.252 e. The highest BCUT2D eigenvalue weighted by Gasteiger charge is 2.21. The van der Waals surface area contributed by atoms with Crippen LogP contribution in [-0.4, -0.2) is 68.8 Å². The number of rotatable bonds is 11. The third-order valence-electron chi connectivity index (χ3n) is 3.87. The molecule has 1 amide bonds. The summed E-state index contributed by atoms with van der Waals surface area (Å²) in [5.41, 5.74) is 0.829. The molecule has 1 fully saturated rings. The van der Waals surface area contributed by atoms with Crippen LogP contribution in [0.2, 0.25) is 0 Å². The predicted molar refractivity (Wildman–Crippen MR) is 118 cm³/mol. The van der Waals surface area contributed by atoms with Gasteiger partial charge in [0.25, 0.3) is 5.91 Å². The van der Waals surface area contributed by atoms with Gasteiger partial charge in [-0.2, -0.15) is 0 Å². The van der Waals surface area contributed by atoms with E-state index in [-0.39, 0.29) is 12.7 Å². The maximum absolute atomic E-state index is 12.1. The van der Waals surface area contributed by atoms with Crippen molar-refractivity contribution in [2.75, 3.05) is 53.6 Å². The van der Waals surface area contributed by atoms with Gasteiger partial charge in [0.15, 0.2) is 18.3 Å². The monoisotopic (exact) mass is 439 g/mol. The lowest BCUT2D eigenvalue weighted by Gasteiger charge is -2.15. The first-order chi connectivity index (χ1) is 14.1. The fraction of sp³-hybridized carbons (Fsp3) is 0.400. The number of nitrogens with zero attached hydrogens (tertiary/aromatic N) is 1. The normalized spacial score (nSPS) is 14.2. The van der Waals surface area contributed by atoms with Gasteiger partial charge in [-0.05, 0) is 17.7 Å². The van der Waals surface area contributed by atoms with Crippen LogP contribution in [0.5, 0.6) is 17.2 Å². The number of carbonyl (C=O) groups excluding carboxylic acids is 1. The number of ether oxygens (including phenoxy) is 5. The van der Waals surface area contributed by atoms with Crippen molar-refractivity contribution in [1.29, 1.82) is 0 Å². The molecule has 2 rings (SSSR count). The minimum atomic E-state index is -0.114. The number of thioether (sulfide) groups is 1. The zero-order valence-electron chi connectivity index (χ0n) is 16.7. The van der Waals surface area contributed by atoms with Crippen molar-refractivity contribution in [3.63, 3.8) is 0 Å². The summed E-state index contributed by atoms with van der Waals surface area (Å²) in [5, 5.41) is 0. The Morgan fingerprint density at radius 3 is 2.48 bits per heavy atom. The molecule has 0 N–H and O–H groups in total. The molecule has 1 saturated heterocycles. The van der Waals surface area contributed by atoms with Gasteiger partial charge in [0.2, 0.25) is 5.75 Å². The van der Waals surface area contributed by atoms with Crippen LogP contribution in [0.3, 0.4) is 0 Å². The zero-order chi connectivity index (χ0) is 21.1. The molecule has 0 radical (unpaired) electrons. The third-order valence-corrected chi connectivity index (χ3v) is 5.29. The summed E-state index contributed by atoms with van der Waals surface area (Å²) >= 11 is 6.67. The Balaban J connectivity index is 2.03. The molecule has 0 aromatic heterocycles. The summed E-state index contributed by atoms with van der Waals surface area (Å²) in [5.74, 6) is 2.21. The molecule has 0 bridgehead atoms. The molecule has 0 atom stereocenters. The first-order valence-corrected chi connectivity index (χ1v) is 10.3. The van der Waals surface area contributed by atoms with Crippen molar-refractivity contribution in [2.24, 2.45) is 0 Å². The molecule has 29 heavy (non-hydrogen) atoms. The molecular formula is C20H25NO6S2. The second-order valence-corrected chi connectivity index (χ2v) is 7.47. The van der Waals surface area contributed by atoms with Crippen LogP contribution in [0.1, 0.15) is 5.56 Å². The van der Waals surface area contributed by atoms with Crippen molar-refractivity contribution < 1.29 is 28.5 Å².